The second-order valence-electron chi connectivity index (χ2n) is 5.60. The van der Waals surface area contributed by atoms with Gasteiger partial charge >= 0.3 is 6.01 Å². The number of aryl methyl sites for hydroxylation is 1. The van der Waals surface area contributed by atoms with Gasteiger partial charge in [-0.25, -0.2) is 0 Å². The van der Waals surface area contributed by atoms with Crippen LogP contribution in [0.2, 0.25) is 0 Å². The van der Waals surface area contributed by atoms with Gasteiger partial charge in [-0.2, -0.15) is 15.0 Å². The molecule has 28 heavy (non-hydrogen) atoms. The van der Waals surface area contributed by atoms with Gasteiger partial charge in [0.05, 0.1) is 0 Å². The van der Waals surface area contributed by atoms with Crippen LogP contribution in [0.4, 0.5) is 11.9 Å². The highest BCUT2D eigenvalue weighted by Gasteiger charge is 2.08. The summed E-state index contributed by atoms with van der Waals surface area (Å²) in [7, 11) is 0. The van der Waals surface area contributed by atoms with Crippen LogP contribution >= 0.6 is 0 Å². The number of ether oxygens (including phenoxy) is 3. The minimum Gasteiger partial charge on any atom is -0.490 e. The van der Waals surface area contributed by atoms with Crippen LogP contribution in [0, 0.1) is 6.92 Å². The zero-order valence-electron chi connectivity index (χ0n) is 15.6. The number of nitrogens with one attached hydrogen (secondary N) is 1. The molecule has 3 N–H and O–H groups in total. The van der Waals surface area contributed by atoms with Gasteiger partial charge in [0, 0.05) is 18.7 Å². The topological polar surface area (TPSA) is 130 Å². The highest BCUT2D eigenvalue weighted by atomic mass is 16.5. The lowest BCUT2D eigenvalue weighted by Crippen LogP contribution is -2.10. The van der Waals surface area contributed by atoms with E-state index in [4.69, 9.17) is 19.9 Å². The van der Waals surface area contributed by atoms with E-state index in [1.807, 2.05) is 38.1 Å². The Hall–Kier alpha value is -3.69. The molecule has 0 aliphatic heterocycles. The Labute approximate surface area is 162 Å². The van der Waals surface area contributed by atoms with Crippen molar-refractivity contribution in [2.45, 2.75) is 13.8 Å². The third kappa shape index (κ3) is 5.40. The van der Waals surface area contributed by atoms with Crippen LogP contribution in [0.5, 0.6) is 23.5 Å². The van der Waals surface area contributed by atoms with Gasteiger partial charge in [0.2, 0.25) is 23.7 Å². The van der Waals surface area contributed by atoms with Gasteiger partial charge in [-0.15, -0.1) is 10.2 Å². The molecule has 0 fully saturated rings. The summed E-state index contributed by atoms with van der Waals surface area (Å²) in [6, 6.07) is 11.0. The number of para-hydroxylation sites is 1. The van der Waals surface area contributed by atoms with Crippen LogP contribution in [0.1, 0.15) is 12.5 Å². The molecule has 0 saturated heterocycles. The first-order chi connectivity index (χ1) is 13.6. The summed E-state index contributed by atoms with van der Waals surface area (Å²) in [5, 5.41) is 10.8. The molecule has 1 aromatic carbocycles. The summed E-state index contributed by atoms with van der Waals surface area (Å²) >= 11 is 0. The van der Waals surface area contributed by atoms with Crippen LogP contribution in [-0.2, 0) is 0 Å². The van der Waals surface area contributed by atoms with Gasteiger partial charge in [-0.05, 0) is 25.5 Å². The summed E-state index contributed by atoms with van der Waals surface area (Å²) in [6.45, 7) is 5.27. The van der Waals surface area contributed by atoms with E-state index in [-0.39, 0.29) is 17.8 Å². The van der Waals surface area contributed by atoms with Crippen molar-refractivity contribution in [3.8, 4) is 23.5 Å². The lowest BCUT2D eigenvalue weighted by atomic mass is 10.2. The van der Waals surface area contributed by atoms with E-state index >= 15 is 0 Å². The minimum atomic E-state index is 0.0260. The first kappa shape index (κ1) is 19.1. The number of benzene rings is 1. The van der Waals surface area contributed by atoms with E-state index in [0.29, 0.717) is 31.6 Å². The maximum absolute atomic E-state index is 5.67. The predicted octanol–water partition coefficient (Wildman–Crippen LogP) is 2.23. The van der Waals surface area contributed by atoms with Gasteiger partial charge in [0.1, 0.15) is 19.0 Å². The van der Waals surface area contributed by atoms with Gasteiger partial charge in [0.25, 0.3) is 0 Å². The molecule has 0 atom stereocenters. The zero-order chi connectivity index (χ0) is 19.8. The van der Waals surface area contributed by atoms with E-state index in [9.17, 15) is 0 Å². The van der Waals surface area contributed by atoms with Crippen LogP contribution in [-0.4, -0.2) is 44.9 Å². The van der Waals surface area contributed by atoms with Crippen molar-refractivity contribution in [1.82, 2.24) is 25.1 Å². The van der Waals surface area contributed by atoms with Gasteiger partial charge in [-0.3, -0.25) is 0 Å². The first-order valence-corrected chi connectivity index (χ1v) is 8.72. The van der Waals surface area contributed by atoms with Gasteiger partial charge in [0.15, 0.2) is 0 Å². The quantitative estimate of drug-likeness (QED) is 0.530. The van der Waals surface area contributed by atoms with Crippen molar-refractivity contribution in [3.63, 3.8) is 0 Å². The fourth-order valence-corrected chi connectivity index (χ4v) is 2.20. The maximum atomic E-state index is 5.67. The molecule has 3 rings (SSSR count). The lowest BCUT2D eigenvalue weighted by molar-refractivity contribution is 0.209. The Bertz CT molecular complexity index is 906. The van der Waals surface area contributed by atoms with E-state index < -0.39 is 0 Å². The van der Waals surface area contributed by atoms with Crippen LogP contribution in [0.25, 0.3) is 0 Å². The number of nitrogen functional groups attached to an aromatic ring is 1. The average Bonchev–Trinajstić information content (AvgIpc) is 2.68. The Balaban J connectivity index is 1.50. The number of rotatable bonds is 9. The molecule has 0 unspecified atom stereocenters. The van der Waals surface area contributed by atoms with Crippen molar-refractivity contribution in [3.05, 3.63) is 42.0 Å². The Kier molecular flexibility index (Phi) is 6.34. The molecular formula is C18H21N7O3. The largest absolute Gasteiger partial charge is 0.490 e. The molecule has 10 nitrogen and oxygen atoms in total. The van der Waals surface area contributed by atoms with Crippen molar-refractivity contribution in [2.75, 3.05) is 30.8 Å². The SMILES string of the molecule is CCNc1nc(N)nc(Oc2ccc(OCCOc3ccccc3C)nn2)n1. The molecular weight excluding hydrogens is 362 g/mol. The number of hydrogen-bond acceptors (Lipinski definition) is 10. The van der Waals surface area contributed by atoms with E-state index in [1.165, 1.54) is 0 Å². The Morgan fingerprint density at radius 2 is 1.68 bits per heavy atom. The second kappa shape index (κ2) is 9.31. The molecule has 2 heterocycles. The van der Waals surface area contributed by atoms with E-state index in [2.05, 4.69) is 30.5 Å². The number of nitrogens with two attached hydrogens (primary N) is 1. The Morgan fingerprint density at radius 3 is 2.43 bits per heavy atom. The molecule has 0 amide bonds. The lowest BCUT2D eigenvalue weighted by Gasteiger charge is -2.09. The number of aromatic nitrogens is 5. The number of anilines is 2. The minimum absolute atomic E-state index is 0.0260. The molecule has 0 radical (unpaired) electrons. The molecule has 0 aliphatic rings. The van der Waals surface area contributed by atoms with Crippen molar-refractivity contribution >= 4 is 11.9 Å². The van der Waals surface area contributed by atoms with Crippen molar-refractivity contribution < 1.29 is 14.2 Å². The van der Waals surface area contributed by atoms with Crippen LogP contribution in [0.15, 0.2) is 36.4 Å². The van der Waals surface area contributed by atoms with Crippen molar-refractivity contribution in [1.29, 1.82) is 0 Å². The summed E-state index contributed by atoms with van der Waals surface area (Å²) in [5.74, 6) is 1.75. The molecule has 10 heteroatoms. The van der Waals surface area contributed by atoms with Gasteiger partial charge < -0.3 is 25.3 Å². The molecule has 2 aromatic heterocycles. The van der Waals surface area contributed by atoms with E-state index in [1.54, 1.807) is 12.1 Å². The molecule has 0 bridgehead atoms. The van der Waals surface area contributed by atoms with E-state index in [0.717, 1.165) is 11.3 Å². The fraction of sp³-hybridized carbons (Fsp3) is 0.278. The molecule has 0 spiro atoms. The summed E-state index contributed by atoms with van der Waals surface area (Å²) < 4.78 is 16.6. The highest BCUT2D eigenvalue weighted by molar-refractivity contribution is 5.33. The normalized spacial score (nSPS) is 10.4. The number of hydrogen-bond donors (Lipinski definition) is 2. The molecule has 0 aliphatic carbocycles. The third-order valence-corrected chi connectivity index (χ3v) is 3.46. The first-order valence-electron chi connectivity index (χ1n) is 8.72. The average molecular weight is 383 g/mol. The van der Waals surface area contributed by atoms with Crippen LogP contribution < -0.4 is 25.3 Å². The summed E-state index contributed by atoms with van der Waals surface area (Å²) in [4.78, 5) is 11.9. The summed E-state index contributed by atoms with van der Waals surface area (Å²) in [6.07, 6.45) is 0. The van der Waals surface area contributed by atoms with Gasteiger partial charge in [-0.1, -0.05) is 18.2 Å². The maximum Gasteiger partial charge on any atom is 0.330 e. The fourth-order valence-electron chi connectivity index (χ4n) is 2.20. The number of nitrogens with zero attached hydrogens (tertiary/aromatic N) is 5. The standard InChI is InChI=1S/C18H21N7O3/c1-3-20-17-21-16(19)22-18(23-17)28-15-9-8-14(24-25-15)27-11-10-26-13-7-5-4-6-12(13)2/h4-9H,3,10-11H2,1-2H3,(H3,19,20,21,22,23). The molecule has 0 saturated carbocycles. The predicted molar refractivity (Wildman–Crippen MR) is 103 cm³/mol. The third-order valence-electron chi connectivity index (χ3n) is 3.46. The Morgan fingerprint density at radius 1 is 0.929 bits per heavy atom. The highest BCUT2D eigenvalue weighted by Crippen LogP contribution is 2.18. The summed E-state index contributed by atoms with van der Waals surface area (Å²) in [5.41, 5.74) is 6.71. The van der Waals surface area contributed by atoms with Crippen LogP contribution in [0.3, 0.4) is 0 Å². The molecule has 3 aromatic rings. The smallest absolute Gasteiger partial charge is 0.330 e. The second-order valence-corrected chi connectivity index (χ2v) is 5.60. The zero-order valence-corrected chi connectivity index (χ0v) is 15.6. The molecule has 146 valence electrons. The monoisotopic (exact) mass is 383 g/mol. The van der Waals surface area contributed by atoms with Crippen molar-refractivity contribution in [2.24, 2.45) is 0 Å².